The zero-order chi connectivity index (χ0) is 17.2. The van der Waals surface area contributed by atoms with Crippen LogP contribution in [-0.4, -0.2) is 36.0 Å². The minimum Gasteiger partial charge on any atom is -0.493 e. The molecule has 0 unspecified atom stereocenters. The molecule has 1 fully saturated rings. The summed E-state index contributed by atoms with van der Waals surface area (Å²) in [5, 5.41) is 16.3. The third-order valence-corrected chi connectivity index (χ3v) is 4.43. The molecule has 1 heterocycles. The number of rotatable bonds is 4. The van der Waals surface area contributed by atoms with Crippen molar-refractivity contribution in [1.82, 2.24) is 0 Å². The topological polar surface area (TPSA) is 72.6 Å². The second kappa shape index (κ2) is 6.62. The fraction of sp³-hybridized carbons (Fsp3) is 0.500. The van der Waals surface area contributed by atoms with E-state index >= 15 is 0 Å². The number of halogens is 2. The van der Waals surface area contributed by atoms with Gasteiger partial charge in [-0.15, -0.1) is 0 Å². The molecule has 1 aliphatic heterocycles. The molecule has 1 saturated carbocycles. The van der Waals surface area contributed by atoms with Crippen molar-refractivity contribution in [3.8, 4) is 11.5 Å². The summed E-state index contributed by atoms with van der Waals surface area (Å²) < 4.78 is 34.3. The summed E-state index contributed by atoms with van der Waals surface area (Å²) in [6.45, 7) is -2.91. The molecule has 0 saturated heterocycles. The quantitative estimate of drug-likeness (QED) is 0.672. The lowest BCUT2D eigenvalue weighted by Crippen LogP contribution is -2.34. The fourth-order valence-corrected chi connectivity index (χ4v) is 3.08. The van der Waals surface area contributed by atoms with Gasteiger partial charge in [0.1, 0.15) is 5.60 Å². The number of methoxy groups -OCH3 is 1. The molecule has 1 spiro atoms. The molecule has 0 bridgehead atoms. The summed E-state index contributed by atoms with van der Waals surface area (Å²) in [5.74, 6) is 0.196. The number of alkyl halides is 2. The summed E-state index contributed by atoms with van der Waals surface area (Å²) in [6, 6.07) is 4.71. The highest BCUT2D eigenvalue weighted by Gasteiger charge is 2.42. The van der Waals surface area contributed by atoms with Gasteiger partial charge in [0, 0.05) is 12.0 Å². The maximum atomic E-state index is 12.4. The Bertz CT molecular complexity index is 666. The first-order chi connectivity index (χ1) is 11.5. The van der Waals surface area contributed by atoms with Gasteiger partial charge in [-0.05, 0) is 43.9 Å². The van der Waals surface area contributed by atoms with E-state index in [-0.39, 0.29) is 17.1 Å². The Hall–Kier alpha value is -2.38. The van der Waals surface area contributed by atoms with E-state index < -0.39 is 6.61 Å². The van der Waals surface area contributed by atoms with Gasteiger partial charge in [-0.1, -0.05) is 10.3 Å². The van der Waals surface area contributed by atoms with Gasteiger partial charge in [0.2, 0.25) is 0 Å². The molecule has 0 radical (unpaired) electrons. The van der Waals surface area contributed by atoms with Gasteiger partial charge < -0.3 is 19.5 Å². The van der Waals surface area contributed by atoms with Gasteiger partial charge in [0.05, 0.1) is 18.5 Å². The molecule has 1 N–H and O–H groups in total. The minimum absolute atomic E-state index is 0.0213. The van der Waals surface area contributed by atoms with Crippen molar-refractivity contribution in [3.05, 3.63) is 23.8 Å². The summed E-state index contributed by atoms with van der Waals surface area (Å²) in [7, 11) is 1.39. The van der Waals surface area contributed by atoms with Crippen LogP contribution in [0.3, 0.4) is 0 Å². The smallest absolute Gasteiger partial charge is 0.387 e. The van der Waals surface area contributed by atoms with Crippen LogP contribution in [0.1, 0.15) is 37.7 Å². The maximum absolute atomic E-state index is 12.4. The number of hydrogen-bond acceptors (Lipinski definition) is 6. The van der Waals surface area contributed by atoms with E-state index in [9.17, 15) is 8.78 Å². The Labute approximate surface area is 137 Å². The predicted octanol–water partition coefficient (Wildman–Crippen LogP) is 3.56. The summed E-state index contributed by atoms with van der Waals surface area (Å²) in [6.07, 6.45) is 3.41. The molecular formula is C16H18F2N2O4. The Kier molecular flexibility index (Phi) is 4.55. The van der Waals surface area contributed by atoms with E-state index in [0.29, 0.717) is 19.3 Å². The van der Waals surface area contributed by atoms with Crippen LogP contribution in [0.15, 0.2) is 28.5 Å². The van der Waals surface area contributed by atoms with Crippen LogP contribution in [0, 0.1) is 0 Å². The predicted molar refractivity (Wildman–Crippen MR) is 82.3 cm³/mol. The third kappa shape index (κ3) is 3.27. The van der Waals surface area contributed by atoms with E-state index in [2.05, 4.69) is 15.0 Å². The van der Waals surface area contributed by atoms with Crippen LogP contribution in [0.5, 0.6) is 11.5 Å². The monoisotopic (exact) mass is 340 g/mol. The zero-order valence-electron chi connectivity index (χ0n) is 13.2. The van der Waals surface area contributed by atoms with Crippen LogP contribution in [0.25, 0.3) is 0 Å². The van der Waals surface area contributed by atoms with Crippen LogP contribution in [-0.2, 0) is 4.84 Å². The molecule has 6 nitrogen and oxygen atoms in total. The highest BCUT2D eigenvalue weighted by Crippen LogP contribution is 2.40. The molecule has 1 aromatic carbocycles. The second-order valence-electron chi connectivity index (χ2n) is 5.90. The number of nitrogens with zero attached hydrogens (tertiary/aromatic N) is 2. The number of oxime groups is 2. The third-order valence-electron chi connectivity index (χ3n) is 4.43. The summed E-state index contributed by atoms with van der Waals surface area (Å²) in [4.78, 5) is 5.67. The van der Waals surface area contributed by atoms with E-state index in [0.717, 1.165) is 29.8 Å². The van der Waals surface area contributed by atoms with Crippen LogP contribution < -0.4 is 9.47 Å². The lowest BCUT2D eigenvalue weighted by atomic mass is 9.80. The maximum Gasteiger partial charge on any atom is 0.387 e. The Morgan fingerprint density at radius 1 is 1.29 bits per heavy atom. The average Bonchev–Trinajstić information content (AvgIpc) is 2.99. The van der Waals surface area contributed by atoms with Crippen LogP contribution in [0.2, 0.25) is 0 Å². The Morgan fingerprint density at radius 3 is 2.67 bits per heavy atom. The Morgan fingerprint density at radius 2 is 2.04 bits per heavy atom. The Balaban J connectivity index is 1.74. The van der Waals surface area contributed by atoms with Crippen molar-refractivity contribution in [3.63, 3.8) is 0 Å². The van der Waals surface area contributed by atoms with Crippen molar-refractivity contribution in [2.45, 2.75) is 44.3 Å². The van der Waals surface area contributed by atoms with Crippen LogP contribution in [0.4, 0.5) is 8.78 Å². The highest BCUT2D eigenvalue weighted by molar-refractivity contribution is 6.02. The molecule has 130 valence electrons. The van der Waals surface area contributed by atoms with Crippen molar-refractivity contribution in [2.75, 3.05) is 7.11 Å². The number of benzene rings is 1. The first kappa shape index (κ1) is 16.5. The van der Waals surface area contributed by atoms with Crippen molar-refractivity contribution >= 4 is 11.4 Å². The lowest BCUT2D eigenvalue weighted by molar-refractivity contribution is -0.0512. The standard InChI is InChI=1S/C16H18F2N2O4/c1-22-14-8-10(2-3-13(14)23-15(17)18)12-9-16(24-20-12)6-4-11(19-21)5-7-16/h2-3,8,15,21H,4-7,9H2,1H3. The first-order valence-electron chi connectivity index (χ1n) is 7.63. The normalized spacial score (nSPS) is 23.2. The highest BCUT2D eigenvalue weighted by atomic mass is 19.3. The molecule has 2 aliphatic rings. The first-order valence-corrected chi connectivity index (χ1v) is 7.63. The van der Waals surface area contributed by atoms with E-state index in [1.807, 2.05) is 0 Å². The number of hydrogen-bond donors (Lipinski definition) is 1. The average molecular weight is 340 g/mol. The second-order valence-corrected chi connectivity index (χ2v) is 5.90. The zero-order valence-corrected chi connectivity index (χ0v) is 13.2. The van der Waals surface area contributed by atoms with Gasteiger partial charge in [0.25, 0.3) is 0 Å². The van der Waals surface area contributed by atoms with Gasteiger partial charge in [0.15, 0.2) is 11.5 Å². The number of ether oxygens (including phenoxy) is 2. The van der Waals surface area contributed by atoms with Gasteiger partial charge in [-0.3, -0.25) is 0 Å². The van der Waals surface area contributed by atoms with Crippen molar-refractivity contribution in [1.29, 1.82) is 0 Å². The summed E-state index contributed by atoms with van der Waals surface area (Å²) >= 11 is 0. The molecule has 1 aliphatic carbocycles. The SMILES string of the molecule is COc1cc(C2=NOC3(CCC(=NO)CC3)C2)ccc1OC(F)F. The largest absolute Gasteiger partial charge is 0.493 e. The fourth-order valence-electron chi connectivity index (χ4n) is 3.08. The molecule has 0 aromatic heterocycles. The molecular weight excluding hydrogens is 322 g/mol. The van der Waals surface area contributed by atoms with E-state index in [4.69, 9.17) is 14.8 Å². The van der Waals surface area contributed by atoms with E-state index in [1.54, 1.807) is 12.1 Å². The molecule has 24 heavy (non-hydrogen) atoms. The molecule has 3 rings (SSSR count). The molecule has 0 amide bonds. The molecule has 0 atom stereocenters. The summed E-state index contributed by atoms with van der Waals surface area (Å²) in [5.41, 5.74) is 1.87. The van der Waals surface area contributed by atoms with Crippen molar-refractivity contribution in [2.24, 2.45) is 10.3 Å². The van der Waals surface area contributed by atoms with E-state index in [1.165, 1.54) is 13.2 Å². The minimum atomic E-state index is -2.91. The molecule has 8 heteroatoms. The van der Waals surface area contributed by atoms with Gasteiger partial charge in [-0.2, -0.15) is 8.78 Å². The lowest BCUT2D eigenvalue weighted by Gasteiger charge is -2.30. The van der Waals surface area contributed by atoms with Crippen molar-refractivity contribution < 1.29 is 28.3 Å². The van der Waals surface area contributed by atoms with Gasteiger partial charge in [-0.25, -0.2) is 0 Å². The van der Waals surface area contributed by atoms with Gasteiger partial charge >= 0.3 is 6.61 Å². The van der Waals surface area contributed by atoms with Crippen LogP contribution >= 0.6 is 0 Å². The molecule has 1 aromatic rings.